The van der Waals surface area contributed by atoms with Gasteiger partial charge in [0.05, 0.1) is 12.8 Å². The summed E-state index contributed by atoms with van der Waals surface area (Å²) in [6.07, 6.45) is 1.41. The number of aryl methyl sites for hydroxylation is 2. The van der Waals surface area contributed by atoms with Gasteiger partial charge in [-0.15, -0.1) is 0 Å². The summed E-state index contributed by atoms with van der Waals surface area (Å²) in [5.41, 5.74) is 4.01. The average molecular weight is 392 g/mol. The van der Waals surface area contributed by atoms with E-state index in [0.717, 1.165) is 28.6 Å². The number of ether oxygens (including phenoxy) is 2. The van der Waals surface area contributed by atoms with Gasteiger partial charge in [-0.25, -0.2) is 4.79 Å². The number of amides is 1. The molecule has 1 amide bonds. The van der Waals surface area contributed by atoms with Crippen LogP contribution >= 0.6 is 15.9 Å². The first-order valence-corrected chi connectivity index (χ1v) is 8.75. The maximum Gasteiger partial charge on any atom is 0.411 e. The van der Waals surface area contributed by atoms with Gasteiger partial charge in [0.2, 0.25) is 0 Å². The average Bonchev–Trinajstić information content (AvgIpc) is 2.61. The van der Waals surface area contributed by atoms with Gasteiger partial charge in [0.1, 0.15) is 12.4 Å². The summed E-state index contributed by atoms with van der Waals surface area (Å²) in [5.74, 6) is 0.870. The van der Waals surface area contributed by atoms with E-state index >= 15 is 0 Å². The molecule has 0 aliphatic rings. The minimum atomic E-state index is -0.504. The number of benzene rings is 2. The second kappa shape index (κ2) is 8.73. The van der Waals surface area contributed by atoms with Crippen molar-refractivity contribution in [2.45, 2.75) is 33.3 Å². The van der Waals surface area contributed by atoms with Crippen LogP contribution < -0.4 is 10.1 Å². The molecule has 1 N–H and O–H groups in total. The third-order valence-electron chi connectivity index (χ3n) is 3.83. The van der Waals surface area contributed by atoms with Crippen LogP contribution in [0, 0.1) is 0 Å². The quantitative estimate of drug-likeness (QED) is 0.723. The van der Waals surface area contributed by atoms with Crippen LogP contribution in [0.1, 0.15) is 30.5 Å². The van der Waals surface area contributed by atoms with Gasteiger partial charge in [0, 0.05) is 10.0 Å². The standard InChI is InChI=1S/C19H22BrNO3/c1-4-13-9-10-18(14(5-2)11-13)24-12-15-16(20)7-6-8-17(15)21-19(22)23-3/h6-11H,4-5,12H2,1-3H3,(H,21,22). The van der Waals surface area contributed by atoms with Crippen LogP contribution in [0.25, 0.3) is 0 Å². The molecule has 2 aromatic rings. The first-order valence-electron chi connectivity index (χ1n) is 7.96. The van der Waals surface area contributed by atoms with Crippen molar-refractivity contribution in [2.75, 3.05) is 12.4 Å². The van der Waals surface area contributed by atoms with Gasteiger partial charge >= 0.3 is 6.09 Å². The van der Waals surface area contributed by atoms with Gasteiger partial charge < -0.3 is 9.47 Å². The number of hydrogen-bond acceptors (Lipinski definition) is 3. The summed E-state index contributed by atoms with van der Waals surface area (Å²) >= 11 is 3.52. The SMILES string of the molecule is CCc1ccc(OCc2c(Br)cccc2NC(=O)OC)c(CC)c1. The van der Waals surface area contributed by atoms with Gasteiger partial charge in [-0.05, 0) is 42.2 Å². The Morgan fingerprint density at radius 2 is 1.96 bits per heavy atom. The lowest BCUT2D eigenvalue weighted by Crippen LogP contribution is -2.13. The largest absolute Gasteiger partial charge is 0.489 e. The van der Waals surface area contributed by atoms with Crippen molar-refractivity contribution in [1.82, 2.24) is 0 Å². The molecule has 2 aromatic carbocycles. The molecule has 0 radical (unpaired) electrons. The molecule has 0 aliphatic heterocycles. The molecule has 0 atom stereocenters. The van der Waals surface area contributed by atoms with E-state index in [1.165, 1.54) is 18.2 Å². The lowest BCUT2D eigenvalue weighted by Gasteiger charge is -2.15. The van der Waals surface area contributed by atoms with E-state index in [2.05, 4.69) is 52.0 Å². The van der Waals surface area contributed by atoms with Crippen molar-refractivity contribution in [3.63, 3.8) is 0 Å². The number of anilines is 1. The lowest BCUT2D eigenvalue weighted by molar-refractivity contribution is 0.187. The molecule has 0 saturated carbocycles. The predicted molar refractivity (Wildman–Crippen MR) is 99.7 cm³/mol. The van der Waals surface area contributed by atoms with Crippen molar-refractivity contribution in [2.24, 2.45) is 0 Å². The van der Waals surface area contributed by atoms with E-state index < -0.39 is 6.09 Å². The Hall–Kier alpha value is -2.01. The van der Waals surface area contributed by atoms with E-state index in [-0.39, 0.29) is 0 Å². The second-order valence-corrected chi connectivity index (χ2v) is 6.17. The molecular formula is C19H22BrNO3. The van der Waals surface area contributed by atoms with Crippen LogP contribution in [0.5, 0.6) is 5.75 Å². The highest BCUT2D eigenvalue weighted by molar-refractivity contribution is 9.10. The summed E-state index contributed by atoms with van der Waals surface area (Å²) in [6.45, 7) is 4.60. The van der Waals surface area contributed by atoms with Crippen LogP contribution in [0.15, 0.2) is 40.9 Å². The topological polar surface area (TPSA) is 47.6 Å². The fourth-order valence-corrected chi connectivity index (χ4v) is 2.88. The second-order valence-electron chi connectivity index (χ2n) is 5.32. The fraction of sp³-hybridized carbons (Fsp3) is 0.316. The Bertz CT molecular complexity index is 716. The molecular weight excluding hydrogens is 370 g/mol. The maximum atomic E-state index is 11.5. The van der Waals surface area contributed by atoms with Crippen LogP contribution in [-0.2, 0) is 24.2 Å². The zero-order chi connectivity index (χ0) is 17.5. The first-order chi connectivity index (χ1) is 11.6. The van der Waals surface area contributed by atoms with Gasteiger partial charge in [0.15, 0.2) is 0 Å². The Morgan fingerprint density at radius 3 is 2.62 bits per heavy atom. The highest BCUT2D eigenvalue weighted by atomic mass is 79.9. The number of carbonyl (C=O) groups excluding carboxylic acids is 1. The smallest absolute Gasteiger partial charge is 0.411 e. The number of nitrogens with one attached hydrogen (secondary N) is 1. The normalized spacial score (nSPS) is 10.3. The molecule has 5 heteroatoms. The van der Waals surface area contributed by atoms with E-state index in [4.69, 9.17) is 4.74 Å². The Kier molecular flexibility index (Phi) is 6.67. The summed E-state index contributed by atoms with van der Waals surface area (Å²) in [5, 5.41) is 2.71. The minimum Gasteiger partial charge on any atom is -0.489 e. The molecule has 0 fully saturated rings. The number of methoxy groups -OCH3 is 1. The minimum absolute atomic E-state index is 0.346. The van der Waals surface area contributed by atoms with Gasteiger partial charge in [-0.2, -0.15) is 0 Å². The third kappa shape index (κ3) is 4.51. The number of rotatable bonds is 6. The zero-order valence-electron chi connectivity index (χ0n) is 14.2. The first kappa shape index (κ1) is 18.3. The molecule has 0 unspecified atom stereocenters. The van der Waals surface area contributed by atoms with Crippen molar-refractivity contribution < 1.29 is 14.3 Å². The van der Waals surface area contributed by atoms with E-state index in [1.807, 2.05) is 24.3 Å². The van der Waals surface area contributed by atoms with E-state index in [0.29, 0.717) is 12.3 Å². The molecule has 0 aliphatic carbocycles. The predicted octanol–water partition coefficient (Wildman–Crippen LogP) is 5.33. The number of halogens is 1. The van der Waals surface area contributed by atoms with Crippen LogP contribution in [0.2, 0.25) is 0 Å². The molecule has 2 rings (SSSR count). The van der Waals surface area contributed by atoms with E-state index in [1.54, 1.807) is 0 Å². The molecule has 0 bridgehead atoms. The third-order valence-corrected chi connectivity index (χ3v) is 4.57. The highest BCUT2D eigenvalue weighted by Gasteiger charge is 2.12. The summed E-state index contributed by atoms with van der Waals surface area (Å²) < 4.78 is 11.6. The molecule has 0 saturated heterocycles. The van der Waals surface area contributed by atoms with Crippen molar-refractivity contribution in [3.05, 3.63) is 57.6 Å². The lowest BCUT2D eigenvalue weighted by atomic mass is 10.1. The molecule has 4 nitrogen and oxygen atoms in total. The van der Waals surface area contributed by atoms with Gasteiger partial charge in [0.25, 0.3) is 0 Å². The van der Waals surface area contributed by atoms with Crippen LogP contribution in [-0.4, -0.2) is 13.2 Å². The van der Waals surface area contributed by atoms with Crippen LogP contribution in [0.4, 0.5) is 10.5 Å². The Labute approximate surface area is 151 Å². The van der Waals surface area contributed by atoms with Crippen molar-refractivity contribution >= 4 is 27.7 Å². The maximum absolute atomic E-state index is 11.5. The Morgan fingerprint density at radius 1 is 1.17 bits per heavy atom. The summed E-state index contributed by atoms with van der Waals surface area (Å²) in [7, 11) is 1.34. The molecule has 0 spiro atoms. The molecule has 128 valence electrons. The van der Waals surface area contributed by atoms with Gasteiger partial charge in [-0.1, -0.05) is 48.0 Å². The highest BCUT2D eigenvalue weighted by Crippen LogP contribution is 2.28. The van der Waals surface area contributed by atoms with Crippen LogP contribution in [0.3, 0.4) is 0 Å². The number of hydrogen-bond donors (Lipinski definition) is 1. The van der Waals surface area contributed by atoms with E-state index in [9.17, 15) is 4.79 Å². The monoisotopic (exact) mass is 391 g/mol. The summed E-state index contributed by atoms with van der Waals surface area (Å²) in [4.78, 5) is 11.5. The Balaban J connectivity index is 2.21. The zero-order valence-corrected chi connectivity index (χ0v) is 15.8. The number of carbonyl (C=O) groups is 1. The molecule has 0 heterocycles. The summed E-state index contributed by atoms with van der Waals surface area (Å²) in [6, 6.07) is 11.9. The molecule has 24 heavy (non-hydrogen) atoms. The van der Waals surface area contributed by atoms with Crippen molar-refractivity contribution in [3.8, 4) is 5.75 Å². The van der Waals surface area contributed by atoms with Gasteiger partial charge in [-0.3, -0.25) is 5.32 Å². The van der Waals surface area contributed by atoms with Crippen molar-refractivity contribution in [1.29, 1.82) is 0 Å². The fourth-order valence-electron chi connectivity index (χ4n) is 2.40. The molecule has 0 aromatic heterocycles.